The van der Waals surface area contributed by atoms with Crippen LogP contribution in [0.1, 0.15) is 48.5 Å². The third kappa shape index (κ3) is 15.7. The van der Waals surface area contributed by atoms with E-state index in [0.717, 1.165) is 0 Å². The molecule has 146 valence electrons. The van der Waals surface area contributed by atoms with Crippen molar-refractivity contribution in [2.45, 2.75) is 65.7 Å². The Labute approximate surface area is 166 Å². The van der Waals surface area contributed by atoms with Crippen molar-refractivity contribution >= 4 is 58.3 Å². The minimum Gasteiger partial charge on any atom is -0.460 e. The third-order valence-corrected chi connectivity index (χ3v) is 4.78. The van der Waals surface area contributed by atoms with E-state index in [1.54, 1.807) is 0 Å². The van der Waals surface area contributed by atoms with Crippen molar-refractivity contribution in [1.29, 1.82) is 0 Å². The summed E-state index contributed by atoms with van der Waals surface area (Å²) in [6.45, 7) is 12.8. The molecule has 0 aromatic heterocycles. The molecule has 0 fully saturated rings. The van der Waals surface area contributed by atoms with Gasteiger partial charge in [-0.15, -0.1) is 24.8 Å². The van der Waals surface area contributed by atoms with Crippen molar-refractivity contribution in [1.82, 2.24) is 0 Å². The van der Waals surface area contributed by atoms with Gasteiger partial charge in [0, 0.05) is 11.5 Å². The monoisotopic (exact) mass is 423 g/mol. The number of esters is 2. The molecule has 9 heteroatoms. The van der Waals surface area contributed by atoms with Crippen LogP contribution in [0.3, 0.4) is 0 Å². The average molecular weight is 424 g/mol. The van der Waals surface area contributed by atoms with E-state index in [4.69, 9.17) is 15.2 Å². The first-order valence-electron chi connectivity index (χ1n) is 7.27. The van der Waals surface area contributed by atoms with Crippen LogP contribution in [-0.4, -0.2) is 40.7 Å². The fourth-order valence-corrected chi connectivity index (χ4v) is 3.63. The number of ether oxygens (including phenoxy) is 2. The molecule has 0 bridgehead atoms. The van der Waals surface area contributed by atoms with Crippen molar-refractivity contribution in [3.05, 3.63) is 0 Å². The second-order valence-corrected chi connectivity index (χ2v) is 9.70. The van der Waals surface area contributed by atoms with E-state index in [1.807, 2.05) is 48.5 Å². The van der Waals surface area contributed by atoms with E-state index in [9.17, 15) is 9.59 Å². The second-order valence-electron chi connectivity index (χ2n) is 7.14. The molecule has 24 heavy (non-hydrogen) atoms. The molecule has 0 spiro atoms. The molecule has 0 saturated heterocycles. The lowest BCUT2D eigenvalue weighted by Crippen LogP contribution is -2.38. The summed E-state index contributed by atoms with van der Waals surface area (Å²) in [5.74, 6) is 0.244. The first kappa shape index (κ1) is 29.0. The van der Waals surface area contributed by atoms with Crippen molar-refractivity contribution in [2.75, 3.05) is 11.5 Å². The summed E-state index contributed by atoms with van der Waals surface area (Å²) in [5, 5.41) is 0. The van der Waals surface area contributed by atoms with Gasteiger partial charge in [-0.05, 0) is 41.5 Å². The summed E-state index contributed by atoms with van der Waals surface area (Å²) in [7, 11) is 2.97. The molecule has 0 aromatic rings. The summed E-state index contributed by atoms with van der Waals surface area (Å²) >= 11 is 0. The van der Waals surface area contributed by atoms with Gasteiger partial charge >= 0.3 is 11.9 Å². The molecule has 0 aliphatic rings. The summed E-state index contributed by atoms with van der Waals surface area (Å²) in [6.07, 6.45) is 0. The highest BCUT2D eigenvalue weighted by molar-refractivity contribution is 8.76. The highest BCUT2D eigenvalue weighted by Crippen LogP contribution is 2.26. The minimum atomic E-state index is -0.659. The van der Waals surface area contributed by atoms with Crippen molar-refractivity contribution in [2.24, 2.45) is 11.7 Å². The van der Waals surface area contributed by atoms with Gasteiger partial charge in [-0.25, -0.2) is 0 Å². The Morgan fingerprint density at radius 2 is 1.25 bits per heavy atom. The maximum Gasteiger partial charge on any atom is 0.324 e. The predicted molar refractivity (Wildman–Crippen MR) is 108 cm³/mol. The fourth-order valence-electron chi connectivity index (χ4n) is 1.19. The van der Waals surface area contributed by atoms with E-state index in [2.05, 4.69) is 0 Å². The van der Waals surface area contributed by atoms with E-state index in [0.29, 0.717) is 11.5 Å². The van der Waals surface area contributed by atoms with Gasteiger partial charge in [0.15, 0.2) is 0 Å². The smallest absolute Gasteiger partial charge is 0.324 e. The summed E-state index contributed by atoms with van der Waals surface area (Å²) < 4.78 is 10.5. The van der Waals surface area contributed by atoms with Crippen molar-refractivity contribution in [3.63, 3.8) is 0 Å². The van der Waals surface area contributed by atoms with Gasteiger partial charge in [-0.3, -0.25) is 9.59 Å². The van der Waals surface area contributed by atoms with Gasteiger partial charge in [-0.1, -0.05) is 28.5 Å². The fraction of sp³-hybridized carbons (Fsp3) is 0.867. The molecule has 5 nitrogen and oxygen atoms in total. The van der Waals surface area contributed by atoms with Crippen LogP contribution in [0.4, 0.5) is 0 Å². The number of carbonyl (C=O) groups excluding carboxylic acids is 2. The Hall–Kier alpha value is 0.180. The molecular weight excluding hydrogens is 393 g/mol. The highest BCUT2D eigenvalue weighted by Gasteiger charge is 2.24. The lowest BCUT2D eigenvalue weighted by Gasteiger charge is -2.22. The standard InChI is InChI=1S/C15H29NO4S2.2ClH/c1-10(12(17)19-14(2,3)4)8-21-22-9-11(16)13(18)20-15(5,6)7;;/h10-11H,8-9,16H2,1-7H3;2*1H/t10-,11?;;/m0../s1. The number of nitrogens with two attached hydrogens (primary N) is 1. The van der Waals surface area contributed by atoms with Crippen LogP contribution < -0.4 is 5.73 Å². The number of hydrogen-bond donors (Lipinski definition) is 1. The number of carbonyl (C=O) groups is 2. The van der Waals surface area contributed by atoms with Crippen LogP contribution in [-0.2, 0) is 19.1 Å². The van der Waals surface area contributed by atoms with Gasteiger partial charge in [-0.2, -0.15) is 0 Å². The van der Waals surface area contributed by atoms with Crippen LogP contribution in [0.15, 0.2) is 0 Å². The zero-order chi connectivity index (χ0) is 17.6. The SMILES string of the molecule is C[C@@H](CSSCC(N)C(=O)OC(C)(C)C)C(=O)OC(C)(C)C.Cl.Cl. The highest BCUT2D eigenvalue weighted by atomic mass is 35.5. The Morgan fingerprint density at radius 1 is 0.875 bits per heavy atom. The maximum atomic E-state index is 11.8. The van der Waals surface area contributed by atoms with Crippen LogP contribution in [0.2, 0.25) is 0 Å². The van der Waals surface area contributed by atoms with E-state index in [-0.39, 0.29) is 36.7 Å². The Balaban J connectivity index is -0.00000220. The largest absolute Gasteiger partial charge is 0.460 e. The molecule has 0 aliphatic carbocycles. The molecule has 0 radical (unpaired) electrons. The first-order chi connectivity index (χ1) is 9.82. The minimum absolute atomic E-state index is 0. The molecule has 2 atom stereocenters. The molecule has 0 amide bonds. The average Bonchev–Trinajstić information content (AvgIpc) is 2.29. The molecule has 0 aromatic carbocycles. The number of rotatable bonds is 7. The topological polar surface area (TPSA) is 78.6 Å². The molecule has 2 N–H and O–H groups in total. The molecule has 0 aliphatic heterocycles. The molecule has 1 unspecified atom stereocenters. The van der Waals surface area contributed by atoms with E-state index in [1.165, 1.54) is 21.6 Å². The zero-order valence-corrected chi connectivity index (χ0v) is 18.7. The van der Waals surface area contributed by atoms with Gasteiger partial charge < -0.3 is 15.2 Å². The van der Waals surface area contributed by atoms with Crippen LogP contribution >= 0.6 is 46.4 Å². The second kappa shape index (κ2) is 12.5. The third-order valence-electron chi connectivity index (χ3n) is 2.17. The summed E-state index contributed by atoms with van der Waals surface area (Å²) in [6, 6.07) is -0.659. The van der Waals surface area contributed by atoms with E-state index < -0.39 is 23.2 Å². The normalized spacial score (nSPS) is 13.8. The van der Waals surface area contributed by atoms with Gasteiger partial charge in [0.1, 0.15) is 17.2 Å². The number of halogens is 2. The van der Waals surface area contributed by atoms with Crippen molar-refractivity contribution in [3.8, 4) is 0 Å². The Kier molecular flexibility index (Phi) is 15.1. The van der Waals surface area contributed by atoms with Gasteiger partial charge in [0.05, 0.1) is 5.92 Å². The maximum absolute atomic E-state index is 11.8. The molecular formula is C15H31Cl2NO4S2. The Morgan fingerprint density at radius 3 is 1.67 bits per heavy atom. The van der Waals surface area contributed by atoms with Gasteiger partial charge in [0.25, 0.3) is 0 Å². The summed E-state index contributed by atoms with van der Waals surface area (Å²) in [4.78, 5) is 23.5. The van der Waals surface area contributed by atoms with Crippen LogP contribution in [0.5, 0.6) is 0 Å². The molecule has 0 heterocycles. The Bertz CT molecular complexity index is 349. The lowest BCUT2D eigenvalue weighted by atomic mass is 10.1. The van der Waals surface area contributed by atoms with Crippen molar-refractivity contribution < 1.29 is 19.1 Å². The predicted octanol–water partition coefficient (Wildman–Crippen LogP) is 3.86. The zero-order valence-electron chi connectivity index (χ0n) is 15.4. The molecule has 0 saturated carbocycles. The number of hydrogen-bond acceptors (Lipinski definition) is 7. The summed E-state index contributed by atoms with van der Waals surface area (Å²) in [5.41, 5.74) is 4.78. The molecule has 0 rings (SSSR count). The quantitative estimate of drug-likeness (QED) is 0.378. The lowest BCUT2D eigenvalue weighted by molar-refractivity contribution is -0.158. The van der Waals surface area contributed by atoms with Crippen LogP contribution in [0.25, 0.3) is 0 Å². The van der Waals surface area contributed by atoms with Gasteiger partial charge in [0.2, 0.25) is 0 Å². The van der Waals surface area contributed by atoms with Crippen LogP contribution in [0, 0.1) is 5.92 Å². The van der Waals surface area contributed by atoms with E-state index >= 15 is 0 Å². The first-order valence-corrected chi connectivity index (χ1v) is 9.76.